The molecule has 0 bridgehead atoms. The third-order valence-electron chi connectivity index (χ3n) is 2.56. The number of alkyl halides is 1. The molecule has 0 amide bonds. The molecule has 2 heterocycles. The first-order valence-electron chi connectivity index (χ1n) is 4.71. The van der Waals surface area contributed by atoms with Crippen LogP contribution in [0.2, 0.25) is 4.34 Å². The fourth-order valence-electron chi connectivity index (χ4n) is 1.71. The molecule has 78 valence electrons. The molecule has 14 heavy (non-hydrogen) atoms. The van der Waals surface area contributed by atoms with Crippen molar-refractivity contribution >= 4 is 38.9 Å². The molecule has 0 spiro atoms. The van der Waals surface area contributed by atoms with E-state index in [1.165, 1.54) is 5.56 Å². The summed E-state index contributed by atoms with van der Waals surface area (Å²) in [6.07, 6.45) is 2.13. The summed E-state index contributed by atoms with van der Waals surface area (Å²) in [5, 5.41) is 2.05. The Bertz CT molecular complexity index is 302. The molecule has 0 N–H and O–H groups in total. The maximum Gasteiger partial charge on any atom is 0.0960 e. The number of thiophene rings is 1. The van der Waals surface area contributed by atoms with Gasteiger partial charge in [-0.15, -0.1) is 11.3 Å². The van der Waals surface area contributed by atoms with Crippen molar-refractivity contribution in [2.45, 2.75) is 17.7 Å². The fraction of sp³-hybridized carbons (Fsp3) is 0.600. The lowest BCUT2D eigenvalue weighted by atomic mass is 9.95. The minimum absolute atomic E-state index is 0.566. The van der Waals surface area contributed by atoms with E-state index < -0.39 is 0 Å². The van der Waals surface area contributed by atoms with Crippen molar-refractivity contribution in [3.8, 4) is 0 Å². The van der Waals surface area contributed by atoms with Crippen LogP contribution in [0.5, 0.6) is 0 Å². The molecule has 0 aromatic carbocycles. The van der Waals surface area contributed by atoms with E-state index in [0.717, 1.165) is 30.4 Å². The molecule has 1 aliphatic rings. The summed E-state index contributed by atoms with van der Waals surface area (Å²) in [6, 6.07) is 2.11. The molecule has 4 heteroatoms. The Kier molecular flexibility index (Phi) is 3.88. The Morgan fingerprint density at radius 1 is 1.64 bits per heavy atom. The number of rotatable bonds is 2. The van der Waals surface area contributed by atoms with Gasteiger partial charge in [-0.25, -0.2) is 0 Å². The first-order valence-corrected chi connectivity index (χ1v) is 6.88. The van der Waals surface area contributed by atoms with Crippen molar-refractivity contribution in [3.63, 3.8) is 0 Å². The van der Waals surface area contributed by atoms with E-state index in [-0.39, 0.29) is 0 Å². The van der Waals surface area contributed by atoms with Crippen LogP contribution < -0.4 is 0 Å². The molecule has 1 saturated heterocycles. The van der Waals surface area contributed by atoms with Crippen LogP contribution in [0, 0.1) is 5.92 Å². The second kappa shape index (κ2) is 4.97. The van der Waals surface area contributed by atoms with E-state index in [1.807, 2.05) is 5.38 Å². The standard InChI is InChI=1S/C10H12BrClOS/c11-9-1-3-13-6-8(9)5-7-2-4-14-10(7)12/h2,4,8-9H,1,3,5-6H2. The second-order valence-electron chi connectivity index (χ2n) is 3.56. The van der Waals surface area contributed by atoms with Gasteiger partial charge in [0.25, 0.3) is 0 Å². The van der Waals surface area contributed by atoms with Gasteiger partial charge < -0.3 is 4.74 Å². The predicted molar refractivity (Wildman–Crippen MR) is 64.7 cm³/mol. The topological polar surface area (TPSA) is 9.23 Å². The van der Waals surface area contributed by atoms with Crippen molar-refractivity contribution in [3.05, 3.63) is 21.3 Å². The second-order valence-corrected chi connectivity index (χ2v) is 6.26. The van der Waals surface area contributed by atoms with E-state index in [0.29, 0.717) is 10.7 Å². The van der Waals surface area contributed by atoms with Gasteiger partial charge in [0.1, 0.15) is 0 Å². The van der Waals surface area contributed by atoms with E-state index >= 15 is 0 Å². The van der Waals surface area contributed by atoms with Gasteiger partial charge in [0.05, 0.1) is 10.9 Å². The Balaban J connectivity index is 1.99. The zero-order chi connectivity index (χ0) is 9.97. The molecule has 2 rings (SSSR count). The van der Waals surface area contributed by atoms with Gasteiger partial charge in [0, 0.05) is 11.4 Å². The number of hydrogen-bond acceptors (Lipinski definition) is 2. The average molecular weight is 296 g/mol. The molecule has 2 atom stereocenters. The molecule has 1 nitrogen and oxygen atoms in total. The first kappa shape index (κ1) is 10.9. The summed E-state index contributed by atoms with van der Waals surface area (Å²) < 4.78 is 6.40. The zero-order valence-electron chi connectivity index (χ0n) is 7.71. The van der Waals surface area contributed by atoms with Gasteiger partial charge in [-0.3, -0.25) is 0 Å². The number of hydrogen-bond donors (Lipinski definition) is 0. The molecule has 0 saturated carbocycles. The summed E-state index contributed by atoms with van der Waals surface area (Å²) >= 11 is 11.4. The molecule has 1 aromatic rings. The highest BCUT2D eigenvalue weighted by atomic mass is 79.9. The summed E-state index contributed by atoms with van der Waals surface area (Å²) in [5.41, 5.74) is 1.26. The molecular weight excluding hydrogens is 284 g/mol. The van der Waals surface area contributed by atoms with E-state index in [1.54, 1.807) is 11.3 Å². The van der Waals surface area contributed by atoms with Crippen molar-refractivity contribution in [2.75, 3.05) is 13.2 Å². The first-order chi connectivity index (χ1) is 6.77. The summed E-state index contributed by atoms with van der Waals surface area (Å²) in [5.74, 6) is 0.566. The largest absolute Gasteiger partial charge is 0.381 e. The van der Waals surface area contributed by atoms with E-state index in [4.69, 9.17) is 16.3 Å². The fourth-order valence-corrected chi connectivity index (χ4v) is 3.18. The van der Waals surface area contributed by atoms with E-state index in [9.17, 15) is 0 Å². The minimum atomic E-state index is 0.566. The average Bonchev–Trinajstić information content (AvgIpc) is 2.56. The highest BCUT2D eigenvalue weighted by molar-refractivity contribution is 9.09. The van der Waals surface area contributed by atoms with E-state index in [2.05, 4.69) is 22.0 Å². The molecule has 0 radical (unpaired) electrons. The Morgan fingerprint density at radius 3 is 3.14 bits per heavy atom. The molecule has 1 fully saturated rings. The van der Waals surface area contributed by atoms with Crippen LogP contribution in [0.4, 0.5) is 0 Å². The third kappa shape index (κ3) is 2.51. The van der Waals surface area contributed by atoms with Crippen LogP contribution in [-0.2, 0) is 11.2 Å². The summed E-state index contributed by atoms with van der Waals surface area (Å²) in [4.78, 5) is 0.576. The van der Waals surface area contributed by atoms with Crippen LogP contribution >= 0.6 is 38.9 Å². The molecule has 1 aliphatic heterocycles. The lowest BCUT2D eigenvalue weighted by molar-refractivity contribution is 0.0606. The van der Waals surface area contributed by atoms with Gasteiger partial charge in [-0.1, -0.05) is 27.5 Å². The van der Waals surface area contributed by atoms with Crippen molar-refractivity contribution in [1.82, 2.24) is 0 Å². The Morgan fingerprint density at radius 2 is 2.50 bits per heavy atom. The van der Waals surface area contributed by atoms with Crippen LogP contribution in [0.1, 0.15) is 12.0 Å². The summed E-state index contributed by atoms with van der Waals surface area (Å²) in [6.45, 7) is 1.73. The van der Waals surface area contributed by atoms with Crippen LogP contribution in [0.3, 0.4) is 0 Å². The maximum absolute atomic E-state index is 6.07. The van der Waals surface area contributed by atoms with Crippen LogP contribution in [0.15, 0.2) is 11.4 Å². The smallest absolute Gasteiger partial charge is 0.0960 e. The normalized spacial score (nSPS) is 27.9. The minimum Gasteiger partial charge on any atom is -0.381 e. The van der Waals surface area contributed by atoms with Crippen LogP contribution in [0.25, 0.3) is 0 Å². The highest BCUT2D eigenvalue weighted by Gasteiger charge is 2.24. The zero-order valence-corrected chi connectivity index (χ0v) is 10.9. The van der Waals surface area contributed by atoms with Gasteiger partial charge >= 0.3 is 0 Å². The lowest BCUT2D eigenvalue weighted by Crippen LogP contribution is -2.29. The molecular formula is C10H12BrClOS. The monoisotopic (exact) mass is 294 g/mol. The number of ether oxygens (including phenoxy) is 1. The van der Waals surface area contributed by atoms with Gasteiger partial charge in [0.2, 0.25) is 0 Å². The van der Waals surface area contributed by atoms with Crippen molar-refractivity contribution in [1.29, 1.82) is 0 Å². The van der Waals surface area contributed by atoms with Gasteiger partial charge in [0.15, 0.2) is 0 Å². The Hall–Kier alpha value is 0.430. The number of halogens is 2. The lowest BCUT2D eigenvalue weighted by Gasteiger charge is -2.27. The SMILES string of the molecule is Clc1sccc1CC1COCCC1Br. The molecule has 2 unspecified atom stereocenters. The van der Waals surface area contributed by atoms with Crippen molar-refractivity contribution < 1.29 is 4.74 Å². The highest BCUT2D eigenvalue weighted by Crippen LogP contribution is 2.30. The summed E-state index contributed by atoms with van der Waals surface area (Å²) in [7, 11) is 0. The van der Waals surface area contributed by atoms with Crippen molar-refractivity contribution in [2.24, 2.45) is 5.92 Å². The molecule has 0 aliphatic carbocycles. The van der Waals surface area contributed by atoms with Crippen LogP contribution in [-0.4, -0.2) is 18.0 Å². The van der Waals surface area contributed by atoms with Gasteiger partial charge in [-0.2, -0.15) is 0 Å². The Labute approximate surface area is 102 Å². The maximum atomic E-state index is 6.07. The van der Waals surface area contributed by atoms with Gasteiger partial charge in [-0.05, 0) is 35.8 Å². The third-order valence-corrected chi connectivity index (χ3v) is 5.01. The predicted octanol–water partition coefficient (Wildman–Crippen LogP) is 3.74. The quantitative estimate of drug-likeness (QED) is 0.755. The molecule has 1 aromatic heterocycles.